The number of aromatic nitrogens is 2. The number of aryl methyl sites for hydroxylation is 1. The minimum absolute atomic E-state index is 0.0921. The highest BCUT2D eigenvalue weighted by molar-refractivity contribution is 5.97. The average molecular weight is 469 g/mol. The summed E-state index contributed by atoms with van der Waals surface area (Å²) in [6.45, 7) is 1.91. The van der Waals surface area contributed by atoms with Gasteiger partial charge in [0, 0.05) is 41.6 Å². The topological polar surface area (TPSA) is 70.2 Å². The number of hydrogen-bond donors (Lipinski definition) is 2. The first kappa shape index (κ1) is 23.2. The highest BCUT2D eigenvalue weighted by Gasteiger charge is 2.46. The molecule has 0 radical (unpaired) electrons. The Balaban J connectivity index is 1.45. The molecule has 1 heterocycles. The third kappa shape index (κ3) is 5.51. The molecule has 0 bridgehead atoms. The van der Waals surface area contributed by atoms with Crippen LogP contribution in [0, 0.1) is 18.6 Å². The fourth-order valence-electron chi connectivity index (χ4n) is 4.01. The van der Waals surface area contributed by atoms with Gasteiger partial charge in [0.25, 0.3) is 0 Å². The molecule has 2 aliphatic carbocycles. The Labute approximate surface area is 187 Å². The Morgan fingerprint density at radius 1 is 1.00 bits per heavy atom. The molecule has 0 spiro atoms. The van der Waals surface area contributed by atoms with Crippen molar-refractivity contribution >= 4 is 23.4 Å². The Bertz CT molecular complexity index is 1020. The van der Waals surface area contributed by atoms with Gasteiger partial charge < -0.3 is 15.5 Å². The zero-order chi connectivity index (χ0) is 23.8. The van der Waals surface area contributed by atoms with Crippen LogP contribution < -0.4 is 15.5 Å². The van der Waals surface area contributed by atoms with Crippen LogP contribution in [0.4, 0.5) is 39.4 Å². The molecule has 2 fully saturated rings. The number of alkyl halides is 3. The highest BCUT2D eigenvalue weighted by atomic mass is 19.4. The molecule has 0 atom stereocenters. The zero-order valence-corrected chi connectivity index (χ0v) is 17.9. The lowest BCUT2D eigenvalue weighted by Crippen LogP contribution is -2.49. The Morgan fingerprint density at radius 3 is 2.24 bits per heavy atom. The first-order chi connectivity index (χ1) is 15.6. The lowest BCUT2D eigenvalue weighted by atomic mass is 9.89. The van der Waals surface area contributed by atoms with Crippen molar-refractivity contribution in [1.29, 1.82) is 0 Å². The number of carbonyl (C=O) groups excluding carboxylic acids is 1. The molecule has 0 aliphatic heterocycles. The van der Waals surface area contributed by atoms with E-state index in [1.54, 1.807) is 6.20 Å². The van der Waals surface area contributed by atoms with E-state index in [0.29, 0.717) is 35.8 Å². The van der Waals surface area contributed by atoms with Crippen LogP contribution in [0.2, 0.25) is 0 Å². The number of halogens is 5. The fraction of sp³-hybridized carbons (Fsp3) is 0.500. The minimum atomic E-state index is -5.14. The molecule has 33 heavy (non-hydrogen) atoms. The number of benzene rings is 1. The van der Waals surface area contributed by atoms with E-state index < -0.39 is 29.8 Å². The maximum absolute atomic E-state index is 13.7. The normalized spacial score (nSPS) is 20.9. The number of anilines is 3. The number of carbonyl (C=O) groups is 1. The standard InChI is InChI=1S/C22H24F5N5O/c1-12-11-28-21(31-19(12)29-13-2-3-13)30-14-4-6-15(7-5-14)32(20(33)22(25,26)27)16-8-9-17(23)18(24)10-16/h8-11,13-15H,2-7H2,1H3,(H2,28,29,30,31). The van der Waals surface area contributed by atoms with E-state index in [2.05, 4.69) is 20.6 Å². The number of hydrogen-bond acceptors (Lipinski definition) is 5. The maximum Gasteiger partial charge on any atom is 0.471 e. The van der Waals surface area contributed by atoms with Crippen molar-refractivity contribution in [2.24, 2.45) is 0 Å². The Kier molecular flexibility index (Phi) is 6.40. The zero-order valence-electron chi connectivity index (χ0n) is 17.9. The molecule has 2 N–H and O–H groups in total. The largest absolute Gasteiger partial charge is 0.471 e. The quantitative estimate of drug-likeness (QED) is 0.586. The lowest BCUT2D eigenvalue weighted by molar-refractivity contribution is -0.171. The van der Waals surface area contributed by atoms with Crippen LogP contribution in [-0.2, 0) is 4.79 Å². The summed E-state index contributed by atoms with van der Waals surface area (Å²) in [6, 6.07) is 1.86. The van der Waals surface area contributed by atoms with Crippen LogP contribution in [0.5, 0.6) is 0 Å². The van der Waals surface area contributed by atoms with Crippen molar-refractivity contribution in [3.8, 4) is 0 Å². The Hall–Kier alpha value is -2.98. The molecule has 1 aromatic carbocycles. The summed E-state index contributed by atoms with van der Waals surface area (Å²) in [6.07, 6.45) is 0.175. The second kappa shape index (κ2) is 9.11. The van der Waals surface area contributed by atoms with Gasteiger partial charge in [0.1, 0.15) is 5.82 Å². The van der Waals surface area contributed by atoms with Crippen LogP contribution in [0.15, 0.2) is 24.4 Å². The van der Waals surface area contributed by atoms with Crippen LogP contribution in [0.1, 0.15) is 44.1 Å². The van der Waals surface area contributed by atoms with E-state index in [1.165, 1.54) is 0 Å². The molecule has 1 aromatic heterocycles. The molecule has 6 nitrogen and oxygen atoms in total. The number of nitrogens with one attached hydrogen (secondary N) is 2. The summed E-state index contributed by atoms with van der Waals surface area (Å²) in [7, 11) is 0. The van der Waals surface area contributed by atoms with E-state index in [9.17, 15) is 26.7 Å². The smallest absolute Gasteiger partial charge is 0.367 e. The van der Waals surface area contributed by atoms with E-state index in [-0.39, 0.29) is 24.6 Å². The first-order valence-corrected chi connectivity index (χ1v) is 10.8. The summed E-state index contributed by atoms with van der Waals surface area (Å²) >= 11 is 0. The number of nitrogens with zero attached hydrogens (tertiary/aromatic N) is 3. The fourth-order valence-corrected chi connectivity index (χ4v) is 4.01. The van der Waals surface area contributed by atoms with Crippen molar-refractivity contribution in [3.63, 3.8) is 0 Å². The first-order valence-electron chi connectivity index (χ1n) is 10.8. The predicted octanol–water partition coefficient (Wildman–Crippen LogP) is 4.96. The van der Waals surface area contributed by atoms with Gasteiger partial charge in [0.2, 0.25) is 5.95 Å². The van der Waals surface area contributed by atoms with Gasteiger partial charge >= 0.3 is 12.1 Å². The Morgan fingerprint density at radius 2 is 1.64 bits per heavy atom. The maximum atomic E-state index is 13.7. The van der Waals surface area contributed by atoms with Crippen molar-refractivity contribution in [2.45, 2.75) is 69.8 Å². The molecular formula is C22H24F5N5O. The molecule has 2 aliphatic rings. The average Bonchev–Trinajstić information content (AvgIpc) is 3.58. The van der Waals surface area contributed by atoms with Gasteiger partial charge in [-0.3, -0.25) is 4.79 Å². The molecule has 178 valence electrons. The van der Waals surface area contributed by atoms with Gasteiger partial charge in [0.15, 0.2) is 11.6 Å². The van der Waals surface area contributed by atoms with E-state index in [1.807, 2.05) is 6.92 Å². The third-order valence-electron chi connectivity index (χ3n) is 5.93. The SMILES string of the molecule is Cc1cnc(NC2CCC(N(C(=O)C(F)(F)F)c3ccc(F)c(F)c3)CC2)nc1NC1CC1. The number of amides is 1. The molecular weight excluding hydrogens is 445 g/mol. The van der Waals surface area contributed by atoms with E-state index in [0.717, 1.165) is 36.4 Å². The van der Waals surface area contributed by atoms with Gasteiger partial charge in [-0.1, -0.05) is 0 Å². The van der Waals surface area contributed by atoms with E-state index in [4.69, 9.17) is 0 Å². The third-order valence-corrected chi connectivity index (χ3v) is 5.93. The van der Waals surface area contributed by atoms with Crippen LogP contribution in [0.25, 0.3) is 0 Å². The minimum Gasteiger partial charge on any atom is -0.367 e. The van der Waals surface area contributed by atoms with Gasteiger partial charge in [-0.25, -0.2) is 13.8 Å². The molecule has 0 unspecified atom stereocenters. The van der Waals surface area contributed by atoms with Crippen LogP contribution in [-0.4, -0.2) is 40.2 Å². The summed E-state index contributed by atoms with van der Waals surface area (Å²) in [5.74, 6) is -3.42. The predicted molar refractivity (Wildman–Crippen MR) is 113 cm³/mol. The van der Waals surface area contributed by atoms with E-state index >= 15 is 0 Å². The van der Waals surface area contributed by atoms with Gasteiger partial charge in [-0.2, -0.15) is 18.2 Å². The summed E-state index contributed by atoms with van der Waals surface area (Å²) in [4.78, 5) is 21.5. The van der Waals surface area contributed by atoms with Crippen molar-refractivity contribution in [1.82, 2.24) is 9.97 Å². The van der Waals surface area contributed by atoms with Gasteiger partial charge in [-0.15, -0.1) is 0 Å². The summed E-state index contributed by atoms with van der Waals surface area (Å²) in [5.41, 5.74) is 0.606. The molecule has 2 aromatic rings. The monoisotopic (exact) mass is 469 g/mol. The molecule has 4 rings (SSSR count). The molecule has 11 heteroatoms. The lowest BCUT2D eigenvalue weighted by Gasteiger charge is -2.37. The van der Waals surface area contributed by atoms with Gasteiger partial charge in [0.05, 0.1) is 0 Å². The van der Waals surface area contributed by atoms with Crippen LogP contribution >= 0.6 is 0 Å². The molecule has 2 saturated carbocycles. The highest BCUT2D eigenvalue weighted by Crippen LogP contribution is 2.33. The number of rotatable bonds is 6. The second-order valence-corrected chi connectivity index (χ2v) is 8.56. The summed E-state index contributed by atoms with van der Waals surface area (Å²) in [5, 5.41) is 6.56. The van der Waals surface area contributed by atoms with Crippen molar-refractivity contribution in [3.05, 3.63) is 41.6 Å². The molecule has 0 saturated heterocycles. The van der Waals surface area contributed by atoms with Gasteiger partial charge in [-0.05, 0) is 57.6 Å². The summed E-state index contributed by atoms with van der Waals surface area (Å²) < 4.78 is 66.8. The van der Waals surface area contributed by atoms with Crippen LogP contribution in [0.3, 0.4) is 0 Å². The van der Waals surface area contributed by atoms with Crippen molar-refractivity contribution < 1.29 is 26.7 Å². The second-order valence-electron chi connectivity index (χ2n) is 8.56. The van der Waals surface area contributed by atoms with Crippen molar-refractivity contribution in [2.75, 3.05) is 15.5 Å². The molecule has 1 amide bonds.